The van der Waals surface area contributed by atoms with Crippen molar-refractivity contribution in [2.45, 2.75) is 57.6 Å². The Morgan fingerprint density at radius 3 is 3.06 bits per heavy atom. The van der Waals surface area contributed by atoms with Crippen molar-refractivity contribution in [3.63, 3.8) is 0 Å². The van der Waals surface area contributed by atoms with E-state index in [1.807, 2.05) is 0 Å². The van der Waals surface area contributed by atoms with Crippen LogP contribution in [0.5, 0.6) is 0 Å². The van der Waals surface area contributed by atoms with Crippen molar-refractivity contribution >= 4 is 16.5 Å². The lowest BCUT2D eigenvalue weighted by Crippen LogP contribution is -2.28. The molecule has 1 fully saturated rings. The van der Waals surface area contributed by atoms with Gasteiger partial charge < -0.3 is 10.0 Å². The molecule has 0 spiro atoms. The van der Waals surface area contributed by atoms with E-state index >= 15 is 0 Å². The van der Waals surface area contributed by atoms with Gasteiger partial charge >= 0.3 is 0 Å². The van der Waals surface area contributed by atoms with Crippen molar-refractivity contribution in [1.29, 1.82) is 0 Å². The maximum atomic E-state index is 9.99. The van der Waals surface area contributed by atoms with Crippen LogP contribution < -0.4 is 4.90 Å². The average Bonchev–Trinajstić information content (AvgIpc) is 2.94. The van der Waals surface area contributed by atoms with Crippen LogP contribution >= 0.6 is 11.3 Å². The third-order valence-corrected chi connectivity index (χ3v) is 5.24. The van der Waals surface area contributed by atoms with Gasteiger partial charge in [0.05, 0.1) is 16.7 Å². The predicted molar refractivity (Wildman–Crippen MR) is 70.7 cm³/mol. The maximum absolute atomic E-state index is 9.99. The highest BCUT2D eigenvalue weighted by Crippen LogP contribution is 2.39. The second kappa shape index (κ2) is 4.58. The summed E-state index contributed by atoms with van der Waals surface area (Å²) < 4.78 is 0. The Hall–Kier alpha value is -0.610. The summed E-state index contributed by atoms with van der Waals surface area (Å²) in [5.41, 5.74) is 1.16. The second-order valence-corrected chi connectivity index (χ2v) is 6.12. The Morgan fingerprint density at radius 2 is 2.29 bits per heavy atom. The van der Waals surface area contributed by atoms with E-state index in [1.165, 1.54) is 19.3 Å². The summed E-state index contributed by atoms with van der Waals surface area (Å²) in [5, 5.41) is 11.1. The number of anilines is 1. The van der Waals surface area contributed by atoms with Gasteiger partial charge in [0, 0.05) is 12.6 Å². The number of thiazole rings is 1. The molecule has 3 rings (SSSR count). The first-order valence-electron chi connectivity index (χ1n) is 6.74. The number of aliphatic hydroxyl groups excluding tert-OH is 1. The summed E-state index contributed by atoms with van der Waals surface area (Å²) in [7, 11) is 0. The van der Waals surface area contributed by atoms with Gasteiger partial charge in [-0.05, 0) is 38.5 Å². The summed E-state index contributed by atoms with van der Waals surface area (Å²) in [6.07, 6.45) is 6.56. The van der Waals surface area contributed by atoms with Crippen LogP contribution in [0.25, 0.3) is 0 Å². The fraction of sp³-hybridized carbons (Fsp3) is 0.769. The van der Waals surface area contributed by atoms with Gasteiger partial charge in [-0.25, -0.2) is 4.98 Å². The molecule has 1 N–H and O–H groups in total. The zero-order valence-corrected chi connectivity index (χ0v) is 11.2. The first-order valence-corrected chi connectivity index (χ1v) is 7.55. The highest BCUT2D eigenvalue weighted by molar-refractivity contribution is 7.15. The molecule has 1 saturated heterocycles. The number of fused-ring (bicyclic) bond motifs is 1. The van der Waals surface area contributed by atoms with Crippen molar-refractivity contribution in [3.8, 4) is 0 Å². The van der Waals surface area contributed by atoms with E-state index in [4.69, 9.17) is 4.98 Å². The third-order valence-electron chi connectivity index (χ3n) is 4.00. The number of rotatable bonds is 2. The Labute approximate surface area is 106 Å². The van der Waals surface area contributed by atoms with Crippen molar-refractivity contribution < 1.29 is 5.11 Å². The fourth-order valence-electron chi connectivity index (χ4n) is 3.02. The number of aliphatic hydroxyl groups is 1. The topological polar surface area (TPSA) is 36.4 Å². The highest BCUT2D eigenvalue weighted by atomic mass is 32.1. The van der Waals surface area contributed by atoms with Crippen LogP contribution in [-0.2, 0) is 6.42 Å². The quantitative estimate of drug-likeness (QED) is 0.879. The molecule has 2 atom stereocenters. The van der Waals surface area contributed by atoms with Gasteiger partial charge in [0.2, 0.25) is 0 Å². The second-order valence-electron chi connectivity index (χ2n) is 5.11. The molecule has 2 heterocycles. The van der Waals surface area contributed by atoms with Crippen LogP contribution in [0.2, 0.25) is 0 Å². The molecule has 2 unspecified atom stereocenters. The van der Waals surface area contributed by atoms with E-state index in [9.17, 15) is 5.11 Å². The SMILES string of the molecule is CCC1CCCN1c1nc2c(s1)C(O)CCC2. The molecule has 0 amide bonds. The van der Waals surface area contributed by atoms with E-state index in [2.05, 4.69) is 11.8 Å². The molecule has 0 bridgehead atoms. The van der Waals surface area contributed by atoms with Gasteiger partial charge in [-0.3, -0.25) is 0 Å². The molecule has 3 nitrogen and oxygen atoms in total. The standard InChI is InChI=1S/C13H20N2OS/c1-2-9-5-4-8-15(9)13-14-10-6-3-7-11(16)12(10)17-13/h9,11,16H,2-8H2,1H3. The van der Waals surface area contributed by atoms with Gasteiger partial charge in [-0.15, -0.1) is 0 Å². The molecule has 0 radical (unpaired) electrons. The van der Waals surface area contributed by atoms with Crippen molar-refractivity contribution in [2.75, 3.05) is 11.4 Å². The first kappa shape index (κ1) is 11.5. The van der Waals surface area contributed by atoms with Crippen LogP contribution in [0.4, 0.5) is 5.13 Å². The molecular weight excluding hydrogens is 232 g/mol. The molecule has 1 aliphatic carbocycles. The first-order chi connectivity index (χ1) is 8.29. The molecule has 2 aliphatic rings. The Balaban J connectivity index is 1.89. The number of nitrogens with zero attached hydrogens (tertiary/aromatic N) is 2. The van der Waals surface area contributed by atoms with Gasteiger partial charge in [0.25, 0.3) is 0 Å². The van der Waals surface area contributed by atoms with Crippen molar-refractivity contribution in [2.24, 2.45) is 0 Å². The number of hydrogen-bond acceptors (Lipinski definition) is 4. The van der Waals surface area contributed by atoms with Crippen molar-refractivity contribution in [3.05, 3.63) is 10.6 Å². The van der Waals surface area contributed by atoms with Crippen LogP contribution in [0.3, 0.4) is 0 Å². The average molecular weight is 252 g/mol. The minimum Gasteiger partial charge on any atom is -0.388 e. The molecule has 1 aliphatic heterocycles. The van der Waals surface area contributed by atoms with Gasteiger partial charge in [-0.1, -0.05) is 18.3 Å². The monoisotopic (exact) mass is 252 g/mol. The molecule has 0 saturated carbocycles. The molecule has 94 valence electrons. The van der Waals surface area contributed by atoms with Crippen LogP contribution in [0.15, 0.2) is 0 Å². The summed E-state index contributed by atoms with van der Waals surface area (Å²) in [6.45, 7) is 3.40. The zero-order valence-electron chi connectivity index (χ0n) is 10.4. The van der Waals surface area contributed by atoms with E-state index in [1.54, 1.807) is 11.3 Å². The van der Waals surface area contributed by atoms with Crippen molar-refractivity contribution in [1.82, 2.24) is 4.98 Å². The largest absolute Gasteiger partial charge is 0.388 e. The lowest BCUT2D eigenvalue weighted by molar-refractivity contribution is 0.160. The van der Waals surface area contributed by atoms with E-state index < -0.39 is 0 Å². The summed E-state index contributed by atoms with van der Waals surface area (Å²) in [4.78, 5) is 8.35. The Bertz CT molecular complexity index is 404. The fourth-order valence-corrected chi connectivity index (χ4v) is 4.25. The molecule has 17 heavy (non-hydrogen) atoms. The minimum absolute atomic E-state index is 0.257. The molecule has 4 heteroatoms. The number of aromatic nitrogens is 1. The smallest absolute Gasteiger partial charge is 0.186 e. The maximum Gasteiger partial charge on any atom is 0.186 e. The van der Waals surface area contributed by atoms with E-state index in [-0.39, 0.29) is 6.10 Å². The number of aryl methyl sites for hydroxylation is 1. The van der Waals surface area contributed by atoms with E-state index in [0.29, 0.717) is 6.04 Å². The molecular formula is C13H20N2OS. The van der Waals surface area contributed by atoms with Crippen LogP contribution in [-0.4, -0.2) is 22.7 Å². The van der Waals surface area contributed by atoms with Gasteiger partial charge in [-0.2, -0.15) is 0 Å². The Morgan fingerprint density at radius 1 is 1.41 bits per heavy atom. The minimum atomic E-state index is -0.257. The Kier molecular flexibility index (Phi) is 3.09. The predicted octanol–water partition coefficient (Wildman–Crippen LogP) is 2.89. The third kappa shape index (κ3) is 1.97. The lowest BCUT2D eigenvalue weighted by atomic mass is 10.0. The number of hydrogen-bond donors (Lipinski definition) is 1. The lowest BCUT2D eigenvalue weighted by Gasteiger charge is -2.22. The van der Waals surface area contributed by atoms with E-state index in [0.717, 1.165) is 41.5 Å². The molecule has 1 aromatic heterocycles. The molecule has 0 aromatic carbocycles. The molecule has 1 aromatic rings. The zero-order chi connectivity index (χ0) is 11.8. The van der Waals surface area contributed by atoms with Gasteiger partial charge in [0.15, 0.2) is 5.13 Å². The summed E-state index contributed by atoms with van der Waals surface area (Å²) in [5.74, 6) is 0. The normalized spacial score (nSPS) is 28.5. The summed E-state index contributed by atoms with van der Waals surface area (Å²) >= 11 is 1.72. The van der Waals surface area contributed by atoms with Gasteiger partial charge in [0.1, 0.15) is 0 Å². The van der Waals surface area contributed by atoms with Crippen LogP contribution in [0, 0.1) is 0 Å². The highest BCUT2D eigenvalue weighted by Gasteiger charge is 2.29. The summed E-state index contributed by atoms with van der Waals surface area (Å²) in [6, 6.07) is 0.666. The van der Waals surface area contributed by atoms with Crippen LogP contribution in [0.1, 0.15) is 55.7 Å².